The van der Waals surface area contributed by atoms with Crippen LogP contribution in [0.4, 0.5) is 4.79 Å². The van der Waals surface area contributed by atoms with Gasteiger partial charge in [-0.2, -0.15) is 0 Å². The van der Waals surface area contributed by atoms with Gasteiger partial charge in [0.2, 0.25) is 5.24 Å². The van der Waals surface area contributed by atoms with Gasteiger partial charge in [0.25, 0.3) is 0 Å². The fourth-order valence-corrected chi connectivity index (χ4v) is 1.26. The lowest BCUT2D eigenvalue weighted by molar-refractivity contribution is -0.111. The van der Waals surface area contributed by atoms with Gasteiger partial charge in [0.1, 0.15) is 6.61 Å². The molecule has 17 heavy (non-hydrogen) atoms. The molecule has 1 rings (SSSR count). The zero-order valence-corrected chi connectivity index (χ0v) is 10.3. The van der Waals surface area contributed by atoms with Crippen molar-refractivity contribution in [1.29, 1.82) is 0 Å². The molecule has 1 aromatic rings. The minimum absolute atomic E-state index is 0.124. The summed E-state index contributed by atoms with van der Waals surface area (Å²) in [6, 6.07) is 9.38. The van der Waals surface area contributed by atoms with Gasteiger partial charge in [-0.05, 0) is 17.2 Å². The standard InChI is InChI=1S/C12H14ClNO3/c1-14(8-7-11(13)15)12(16)17-9-10-5-3-2-4-6-10/h2-6H,7-9H2,1H3. The Morgan fingerprint density at radius 3 is 2.53 bits per heavy atom. The van der Waals surface area contributed by atoms with Crippen molar-refractivity contribution in [3.8, 4) is 0 Å². The van der Waals surface area contributed by atoms with Gasteiger partial charge >= 0.3 is 6.09 Å². The molecule has 1 aromatic carbocycles. The van der Waals surface area contributed by atoms with E-state index >= 15 is 0 Å². The Morgan fingerprint density at radius 1 is 1.29 bits per heavy atom. The molecule has 5 heteroatoms. The molecule has 0 aliphatic carbocycles. The summed E-state index contributed by atoms with van der Waals surface area (Å²) >= 11 is 5.18. The van der Waals surface area contributed by atoms with E-state index < -0.39 is 11.3 Å². The number of hydrogen-bond acceptors (Lipinski definition) is 3. The molecule has 0 radical (unpaired) electrons. The third-order valence-electron chi connectivity index (χ3n) is 2.16. The summed E-state index contributed by atoms with van der Waals surface area (Å²) in [6.45, 7) is 0.481. The molecule has 0 aromatic heterocycles. The molecular formula is C12H14ClNO3. The van der Waals surface area contributed by atoms with E-state index in [-0.39, 0.29) is 19.6 Å². The van der Waals surface area contributed by atoms with E-state index in [1.165, 1.54) is 4.90 Å². The van der Waals surface area contributed by atoms with Crippen LogP contribution in [0.2, 0.25) is 0 Å². The first-order valence-electron chi connectivity index (χ1n) is 5.19. The number of carbonyl (C=O) groups excluding carboxylic acids is 2. The summed E-state index contributed by atoms with van der Waals surface area (Å²) in [5.41, 5.74) is 0.919. The Balaban J connectivity index is 2.32. The predicted molar refractivity (Wildman–Crippen MR) is 64.7 cm³/mol. The monoisotopic (exact) mass is 255 g/mol. The van der Waals surface area contributed by atoms with Crippen molar-refractivity contribution in [3.05, 3.63) is 35.9 Å². The van der Waals surface area contributed by atoms with Gasteiger partial charge in [-0.15, -0.1) is 0 Å². The van der Waals surface area contributed by atoms with Crippen LogP contribution in [0, 0.1) is 0 Å². The second kappa shape index (κ2) is 6.91. The van der Waals surface area contributed by atoms with Gasteiger partial charge in [-0.25, -0.2) is 4.79 Å². The molecule has 0 unspecified atom stereocenters. The number of nitrogens with zero attached hydrogens (tertiary/aromatic N) is 1. The van der Waals surface area contributed by atoms with Gasteiger partial charge in [-0.1, -0.05) is 30.3 Å². The predicted octanol–water partition coefficient (Wildman–Crippen LogP) is 2.41. The molecule has 92 valence electrons. The SMILES string of the molecule is CN(CCC(=O)Cl)C(=O)OCc1ccccc1. The van der Waals surface area contributed by atoms with Crippen LogP contribution < -0.4 is 0 Å². The van der Waals surface area contributed by atoms with E-state index in [9.17, 15) is 9.59 Å². The van der Waals surface area contributed by atoms with Crippen molar-refractivity contribution >= 4 is 22.9 Å². The van der Waals surface area contributed by atoms with Crippen LogP contribution >= 0.6 is 11.6 Å². The third kappa shape index (κ3) is 5.36. The van der Waals surface area contributed by atoms with E-state index in [1.54, 1.807) is 7.05 Å². The fourth-order valence-electron chi connectivity index (χ4n) is 1.18. The average Bonchev–Trinajstić information content (AvgIpc) is 2.34. The highest BCUT2D eigenvalue weighted by Gasteiger charge is 2.10. The maximum atomic E-state index is 11.5. The second-order valence-corrected chi connectivity index (χ2v) is 3.99. The van der Waals surface area contributed by atoms with Gasteiger partial charge in [0.15, 0.2) is 0 Å². The van der Waals surface area contributed by atoms with Crippen molar-refractivity contribution in [2.75, 3.05) is 13.6 Å². The Labute approximate surface area is 105 Å². The zero-order valence-electron chi connectivity index (χ0n) is 9.56. The number of rotatable bonds is 5. The Bertz CT molecular complexity index is 381. The minimum atomic E-state index is -0.466. The first-order valence-corrected chi connectivity index (χ1v) is 5.57. The zero-order chi connectivity index (χ0) is 12.7. The smallest absolute Gasteiger partial charge is 0.409 e. The van der Waals surface area contributed by atoms with E-state index in [0.717, 1.165) is 5.56 Å². The van der Waals surface area contributed by atoms with Crippen LogP contribution in [0.15, 0.2) is 30.3 Å². The minimum Gasteiger partial charge on any atom is -0.445 e. The van der Waals surface area contributed by atoms with Crippen LogP contribution in [-0.2, 0) is 16.1 Å². The largest absolute Gasteiger partial charge is 0.445 e. The molecule has 0 saturated heterocycles. The molecular weight excluding hydrogens is 242 g/mol. The van der Waals surface area contributed by atoms with Crippen LogP contribution in [0.1, 0.15) is 12.0 Å². The van der Waals surface area contributed by atoms with Gasteiger partial charge < -0.3 is 9.64 Å². The summed E-state index contributed by atoms with van der Waals surface area (Å²) in [7, 11) is 1.56. The quantitative estimate of drug-likeness (QED) is 0.759. The molecule has 0 fully saturated rings. The summed E-state index contributed by atoms with van der Waals surface area (Å²) in [4.78, 5) is 23.3. The van der Waals surface area contributed by atoms with Crippen molar-refractivity contribution in [2.24, 2.45) is 0 Å². The van der Waals surface area contributed by atoms with Gasteiger partial charge in [-0.3, -0.25) is 4.79 Å². The second-order valence-electron chi connectivity index (χ2n) is 3.57. The van der Waals surface area contributed by atoms with E-state index in [2.05, 4.69) is 0 Å². The Kier molecular flexibility index (Phi) is 5.49. The highest BCUT2D eigenvalue weighted by atomic mass is 35.5. The van der Waals surface area contributed by atoms with Crippen molar-refractivity contribution in [1.82, 2.24) is 4.90 Å². The average molecular weight is 256 g/mol. The van der Waals surface area contributed by atoms with Crippen molar-refractivity contribution in [3.63, 3.8) is 0 Å². The highest BCUT2D eigenvalue weighted by Crippen LogP contribution is 2.03. The summed E-state index contributed by atoms with van der Waals surface area (Å²) in [6.07, 6.45) is -0.342. The number of hydrogen-bond donors (Lipinski definition) is 0. The maximum Gasteiger partial charge on any atom is 0.409 e. The summed E-state index contributed by atoms with van der Waals surface area (Å²) in [5, 5.41) is -0.465. The summed E-state index contributed by atoms with van der Waals surface area (Å²) in [5.74, 6) is 0. The molecule has 0 bridgehead atoms. The van der Waals surface area contributed by atoms with Crippen LogP contribution in [0.3, 0.4) is 0 Å². The first kappa shape index (κ1) is 13.5. The molecule has 1 amide bonds. The normalized spacial score (nSPS) is 9.76. The molecule has 0 heterocycles. The Hall–Kier alpha value is -1.55. The Morgan fingerprint density at radius 2 is 1.94 bits per heavy atom. The van der Waals surface area contributed by atoms with E-state index in [0.29, 0.717) is 0 Å². The van der Waals surface area contributed by atoms with Crippen molar-refractivity contribution < 1.29 is 14.3 Å². The topological polar surface area (TPSA) is 46.6 Å². The molecule has 0 atom stereocenters. The number of amides is 1. The maximum absolute atomic E-state index is 11.5. The number of benzene rings is 1. The first-order chi connectivity index (χ1) is 8.09. The molecule has 0 N–H and O–H groups in total. The summed E-state index contributed by atoms with van der Waals surface area (Å²) < 4.78 is 5.05. The highest BCUT2D eigenvalue weighted by molar-refractivity contribution is 6.63. The lowest BCUT2D eigenvalue weighted by Gasteiger charge is -2.15. The van der Waals surface area contributed by atoms with Crippen LogP contribution in [-0.4, -0.2) is 29.8 Å². The van der Waals surface area contributed by atoms with E-state index in [4.69, 9.17) is 16.3 Å². The number of halogens is 1. The lowest BCUT2D eigenvalue weighted by Crippen LogP contribution is -2.29. The molecule has 0 aliphatic heterocycles. The number of carbonyl (C=O) groups is 2. The van der Waals surface area contributed by atoms with Gasteiger partial charge in [0, 0.05) is 20.0 Å². The fraction of sp³-hybridized carbons (Fsp3) is 0.333. The third-order valence-corrected chi connectivity index (χ3v) is 2.35. The van der Waals surface area contributed by atoms with E-state index in [1.807, 2.05) is 30.3 Å². The molecule has 0 spiro atoms. The van der Waals surface area contributed by atoms with Crippen LogP contribution in [0.25, 0.3) is 0 Å². The van der Waals surface area contributed by atoms with Crippen LogP contribution in [0.5, 0.6) is 0 Å². The van der Waals surface area contributed by atoms with Crippen molar-refractivity contribution in [2.45, 2.75) is 13.0 Å². The van der Waals surface area contributed by atoms with Gasteiger partial charge in [0.05, 0.1) is 0 Å². The molecule has 4 nitrogen and oxygen atoms in total. The molecule has 0 aliphatic rings. The number of ether oxygens (including phenoxy) is 1. The lowest BCUT2D eigenvalue weighted by atomic mass is 10.2. The molecule has 0 saturated carbocycles.